The third-order valence-corrected chi connectivity index (χ3v) is 6.75. The third-order valence-electron chi connectivity index (χ3n) is 3.70. The number of para-hydroxylation sites is 1. The Morgan fingerprint density at radius 3 is 2.29 bits per heavy atom. The van der Waals surface area contributed by atoms with Crippen molar-refractivity contribution in [1.29, 1.82) is 0 Å². The van der Waals surface area contributed by atoms with E-state index in [2.05, 4.69) is 26.1 Å². The average molecular weight is 425 g/mol. The van der Waals surface area contributed by atoms with Gasteiger partial charge in [0.1, 0.15) is 12.4 Å². The second kappa shape index (κ2) is 9.43. The van der Waals surface area contributed by atoms with Crippen molar-refractivity contribution in [2.75, 3.05) is 23.1 Å². The van der Waals surface area contributed by atoms with Crippen LogP contribution in [0.2, 0.25) is 0 Å². The van der Waals surface area contributed by atoms with Crippen LogP contribution in [0.1, 0.15) is 20.8 Å². The summed E-state index contributed by atoms with van der Waals surface area (Å²) in [5.41, 5.74) is -0.162. The Balaban J connectivity index is 2.21. The van der Waals surface area contributed by atoms with Gasteiger partial charge in [-0.3, -0.25) is 9.10 Å². The van der Waals surface area contributed by atoms with Crippen molar-refractivity contribution in [3.8, 4) is 0 Å². The number of hydrogen-bond acceptors (Lipinski definition) is 4. The van der Waals surface area contributed by atoms with Crippen LogP contribution in [0, 0.1) is 5.82 Å². The van der Waals surface area contributed by atoms with E-state index in [1.54, 1.807) is 30.0 Å². The molecule has 0 bridgehead atoms. The van der Waals surface area contributed by atoms with E-state index in [1.165, 1.54) is 36.4 Å². The molecule has 8 heteroatoms. The molecule has 0 atom stereocenters. The van der Waals surface area contributed by atoms with Gasteiger partial charge in [-0.2, -0.15) is 11.8 Å². The number of carbonyl (C=O) groups excluding carboxylic acids is 1. The van der Waals surface area contributed by atoms with Crippen LogP contribution in [0.15, 0.2) is 59.5 Å². The minimum atomic E-state index is -4.10. The number of thioether (sulfide) groups is 1. The summed E-state index contributed by atoms with van der Waals surface area (Å²) in [5, 5.41) is 2.71. The lowest BCUT2D eigenvalue weighted by atomic mass is 10.3. The summed E-state index contributed by atoms with van der Waals surface area (Å²) in [6.07, 6.45) is 0. The zero-order valence-electron chi connectivity index (χ0n) is 16.2. The topological polar surface area (TPSA) is 66.5 Å². The first-order valence-corrected chi connectivity index (χ1v) is 11.3. The van der Waals surface area contributed by atoms with Crippen LogP contribution >= 0.6 is 11.8 Å². The molecular formula is C20H25FN2O3S2. The van der Waals surface area contributed by atoms with Gasteiger partial charge in [-0.15, -0.1) is 0 Å². The Morgan fingerprint density at radius 2 is 1.68 bits per heavy atom. The molecule has 0 aliphatic carbocycles. The number of amides is 1. The number of nitrogens with zero attached hydrogens (tertiary/aromatic N) is 1. The monoisotopic (exact) mass is 424 g/mol. The van der Waals surface area contributed by atoms with Gasteiger partial charge in [-0.25, -0.2) is 12.8 Å². The number of hydrogen-bond donors (Lipinski definition) is 1. The van der Waals surface area contributed by atoms with Gasteiger partial charge >= 0.3 is 0 Å². The van der Waals surface area contributed by atoms with Crippen LogP contribution in [0.3, 0.4) is 0 Å². The molecule has 0 spiro atoms. The molecule has 0 aromatic heterocycles. The predicted octanol–water partition coefficient (Wildman–Crippen LogP) is 3.67. The van der Waals surface area contributed by atoms with Gasteiger partial charge in [0, 0.05) is 17.0 Å². The van der Waals surface area contributed by atoms with E-state index >= 15 is 0 Å². The molecule has 1 N–H and O–H groups in total. The molecule has 0 aliphatic rings. The van der Waals surface area contributed by atoms with Crippen LogP contribution in [-0.2, 0) is 14.8 Å². The molecule has 0 unspecified atom stereocenters. The average Bonchev–Trinajstić information content (AvgIpc) is 2.64. The van der Waals surface area contributed by atoms with Crippen molar-refractivity contribution in [2.24, 2.45) is 0 Å². The zero-order valence-corrected chi connectivity index (χ0v) is 17.8. The van der Waals surface area contributed by atoms with Gasteiger partial charge in [0.25, 0.3) is 10.0 Å². The minimum Gasteiger partial charge on any atom is -0.354 e. The maximum atomic E-state index is 14.3. The number of carbonyl (C=O) groups is 1. The smallest absolute Gasteiger partial charge is 0.264 e. The molecule has 28 heavy (non-hydrogen) atoms. The maximum Gasteiger partial charge on any atom is 0.264 e. The summed E-state index contributed by atoms with van der Waals surface area (Å²) in [6.45, 7) is 6.12. The Hall–Kier alpha value is -2.06. The molecule has 0 fully saturated rings. The number of benzene rings is 2. The lowest BCUT2D eigenvalue weighted by Crippen LogP contribution is -2.42. The van der Waals surface area contributed by atoms with Crippen LogP contribution in [-0.4, -0.2) is 37.9 Å². The van der Waals surface area contributed by atoms with E-state index in [0.29, 0.717) is 12.3 Å². The van der Waals surface area contributed by atoms with E-state index in [1.807, 2.05) is 0 Å². The fourth-order valence-corrected chi connectivity index (χ4v) is 4.67. The third kappa shape index (κ3) is 6.24. The highest BCUT2D eigenvalue weighted by atomic mass is 32.2. The first-order chi connectivity index (χ1) is 13.1. The summed E-state index contributed by atoms with van der Waals surface area (Å²) in [5.74, 6) is -0.504. The van der Waals surface area contributed by atoms with Crippen molar-refractivity contribution < 1.29 is 17.6 Å². The number of rotatable bonds is 8. The molecular weight excluding hydrogens is 399 g/mol. The summed E-state index contributed by atoms with van der Waals surface area (Å²) in [7, 11) is -4.10. The van der Waals surface area contributed by atoms with Gasteiger partial charge in [0.2, 0.25) is 5.91 Å². The first kappa shape index (κ1) is 22.2. The van der Waals surface area contributed by atoms with Crippen LogP contribution in [0.4, 0.5) is 10.1 Å². The second-order valence-electron chi connectivity index (χ2n) is 7.09. The standard InChI is InChI=1S/C20H25FN2O3S2/c1-20(2,3)27-14-13-22-19(24)15-23(18-12-8-7-11-17(18)21)28(25,26)16-9-5-4-6-10-16/h4-12H,13-15H2,1-3H3,(H,22,24). The summed E-state index contributed by atoms with van der Waals surface area (Å²) < 4.78 is 41.3. The summed E-state index contributed by atoms with van der Waals surface area (Å²) >= 11 is 1.69. The predicted molar refractivity (Wildman–Crippen MR) is 113 cm³/mol. The van der Waals surface area contributed by atoms with E-state index in [9.17, 15) is 17.6 Å². The van der Waals surface area contributed by atoms with Crippen molar-refractivity contribution in [3.05, 3.63) is 60.4 Å². The largest absolute Gasteiger partial charge is 0.354 e. The molecule has 0 saturated heterocycles. The van der Waals surface area contributed by atoms with Gasteiger partial charge < -0.3 is 5.32 Å². The molecule has 2 aromatic carbocycles. The molecule has 0 saturated carbocycles. The Labute approximate surface area is 170 Å². The molecule has 2 aromatic rings. The molecule has 152 valence electrons. The number of sulfonamides is 1. The zero-order chi connectivity index (χ0) is 20.8. The fraction of sp³-hybridized carbons (Fsp3) is 0.350. The molecule has 2 rings (SSSR count). The van der Waals surface area contributed by atoms with E-state index in [0.717, 1.165) is 4.31 Å². The highest BCUT2D eigenvalue weighted by molar-refractivity contribution is 8.00. The van der Waals surface area contributed by atoms with Gasteiger partial charge in [-0.1, -0.05) is 51.1 Å². The second-order valence-corrected chi connectivity index (χ2v) is 10.9. The van der Waals surface area contributed by atoms with Crippen LogP contribution < -0.4 is 9.62 Å². The molecule has 0 heterocycles. The SMILES string of the molecule is CC(C)(C)SCCNC(=O)CN(c1ccccc1F)S(=O)(=O)c1ccccc1. The fourth-order valence-electron chi connectivity index (χ4n) is 2.41. The maximum absolute atomic E-state index is 14.3. The van der Waals surface area contributed by atoms with Crippen molar-refractivity contribution in [2.45, 2.75) is 30.4 Å². The minimum absolute atomic E-state index is 0.00524. The van der Waals surface area contributed by atoms with E-state index in [4.69, 9.17) is 0 Å². The Kier molecular flexibility index (Phi) is 7.48. The molecule has 1 amide bonds. The Bertz CT molecular complexity index is 897. The molecule has 0 aliphatic heterocycles. The van der Waals surface area contributed by atoms with E-state index in [-0.39, 0.29) is 15.3 Å². The summed E-state index contributed by atoms with van der Waals surface area (Å²) in [4.78, 5) is 12.4. The first-order valence-electron chi connectivity index (χ1n) is 8.84. The lowest BCUT2D eigenvalue weighted by Gasteiger charge is -2.24. The quantitative estimate of drug-likeness (QED) is 0.657. The van der Waals surface area contributed by atoms with Crippen LogP contribution in [0.25, 0.3) is 0 Å². The van der Waals surface area contributed by atoms with Gasteiger partial charge in [0.05, 0.1) is 10.6 Å². The van der Waals surface area contributed by atoms with Crippen LogP contribution in [0.5, 0.6) is 0 Å². The highest BCUT2D eigenvalue weighted by Gasteiger charge is 2.28. The normalized spacial score (nSPS) is 11.9. The molecule has 0 radical (unpaired) electrons. The van der Waals surface area contributed by atoms with Gasteiger partial charge in [-0.05, 0) is 24.3 Å². The van der Waals surface area contributed by atoms with Crippen molar-refractivity contribution in [1.82, 2.24) is 5.32 Å². The Morgan fingerprint density at radius 1 is 1.07 bits per heavy atom. The molecule has 5 nitrogen and oxygen atoms in total. The van der Waals surface area contributed by atoms with Gasteiger partial charge in [0.15, 0.2) is 0 Å². The number of halogens is 1. The highest BCUT2D eigenvalue weighted by Crippen LogP contribution is 2.26. The number of anilines is 1. The number of nitrogens with one attached hydrogen (secondary N) is 1. The van der Waals surface area contributed by atoms with Crippen molar-refractivity contribution >= 4 is 33.4 Å². The van der Waals surface area contributed by atoms with E-state index < -0.39 is 28.3 Å². The summed E-state index contributed by atoms with van der Waals surface area (Å²) in [6, 6.07) is 13.2. The van der Waals surface area contributed by atoms with Crippen molar-refractivity contribution in [3.63, 3.8) is 0 Å². The lowest BCUT2D eigenvalue weighted by molar-refractivity contribution is -0.119.